The smallest absolute Gasteiger partial charge is 0.305 e. The number of aromatic nitrogens is 1. The van der Waals surface area contributed by atoms with Crippen LogP contribution in [-0.2, 0) is 14.3 Å². The summed E-state index contributed by atoms with van der Waals surface area (Å²) in [5, 5.41) is 20.7. The van der Waals surface area contributed by atoms with E-state index >= 15 is 0 Å². The molecule has 1 aromatic heterocycles. The standard InChI is InChI=1S/C27H42N2O6/c1-2-3-4-5-6-7-8-9-10-11-12-13-14-17-23(30)34-20-22-24(31)25(32)27(35-22)29-18-15-16-21(19-29)26(28)33/h7-8,15-16,18-19,22,24-25,27,31-32H,2-6,9-14,17,20H2,1H3,(H-,28,33)/p+1/b8-7-/t22?,24-,25-,27-/m1/s1. The van der Waals surface area contributed by atoms with Crippen molar-refractivity contribution in [1.82, 2.24) is 0 Å². The molecule has 1 unspecified atom stereocenters. The third kappa shape index (κ3) is 10.5. The van der Waals surface area contributed by atoms with Gasteiger partial charge in [-0.25, -0.2) is 0 Å². The van der Waals surface area contributed by atoms with Crippen molar-refractivity contribution in [3.63, 3.8) is 0 Å². The summed E-state index contributed by atoms with van der Waals surface area (Å²) in [6, 6.07) is 3.14. The lowest BCUT2D eigenvalue weighted by Gasteiger charge is -2.13. The fourth-order valence-corrected chi connectivity index (χ4v) is 4.14. The Hall–Kier alpha value is -2.29. The molecule has 0 spiro atoms. The molecular weight excluding hydrogens is 448 g/mol. The number of pyridine rings is 1. The van der Waals surface area contributed by atoms with Crippen LogP contribution in [0.15, 0.2) is 36.7 Å². The monoisotopic (exact) mass is 491 g/mol. The van der Waals surface area contributed by atoms with E-state index in [4.69, 9.17) is 15.2 Å². The molecule has 1 aromatic rings. The Labute approximate surface area is 209 Å². The summed E-state index contributed by atoms with van der Waals surface area (Å²) in [5.74, 6) is -0.948. The highest BCUT2D eigenvalue weighted by Crippen LogP contribution is 2.26. The number of nitrogens with two attached hydrogens (primary N) is 1. The number of allylic oxidation sites excluding steroid dienone is 2. The van der Waals surface area contributed by atoms with E-state index in [0.29, 0.717) is 6.42 Å². The van der Waals surface area contributed by atoms with Crippen LogP contribution in [0, 0.1) is 0 Å². The van der Waals surface area contributed by atoms with Crippen molar-refractivity contribution in [2.75, 3.05) is 6.61 Å². The van der Waals surface area contributed by atoms with Crippen LogP contribution >= 0.6 is 0 Å². The van der Waals surface area contributed by atoms with Crippen LogP contribution in [0.4, 0.5) is 0 Å². The van der Waals surface area contributed by atoms with E-state index in [1.54, 1.807) is 18.3 Å². The molecule has 2 heterocycles. The van der Waals surface area contributed by atoms with Crippen LogP contribution in [-0.4, -0.2) is 47.0 Å². The van der Waals surface area contributed by atoms with Crippen LogP contribution in [0.25, 0.3) is 0 Å². The molecule has 1 aliphatic heterocycles. The van der Waals surface area contributed by atoms with Crippen molar-refractivity contribution in [3.8, 4) is 0 Å². The quantitative estimate of drug-likeness (QED) is 0.133. The van der Waals surface area contributed by atoms with Crippen molar-refractivity contribution < 1.29 is 33.8 Å². The number of aliphatic hydroxyl groups is 2. The topological polar surface area (TPSA) is 123 Å². The highest BCUT2D eigenvalue weighted by Gasteiger charge is 2.48. The zero-order valence-electron chi connectivity index (χ0n) is 21.0. The minimum atomic E-state index is -1.23. The van der Waals surface area contributed by atoms with Gasteiger partial charge in [-0.2, -0.15) is 4.57 Å². The predicted molar refractivity (Wildman–Crippen MR) is 132 cm³/mol. The fraction of sp³-hybridized carbons (Fsp3) is 0.667. The van der Waals surface area contributed by atoms with Gasteiger partial charge in [0.15, 0.2) is 18.5 Å². The number of aliphatic hydroxyl groups excluding tert-OH is 2. The van der Waals surface area contributed by atoms with E-state index in [0.717, 1.165) is 32.1 Å². The van der Waals surface area contributed by atoms with Crippen LogP contribution in [0.1, 0.15) is 101 Å². The fourth-order valence-electron chi connectivity index (χ4n) is 4.14. The van der Waals surface area contributed by atoms with Gasteiger partial charge in [-0.3, -0.25) is 9.59 Å². The molecule has 1 aliphatic rings. The molecule has 1 fully saturated rings. The summed E-state index contributed by atoms with van der Waals surface area (Å²) in [5.41, 5.74) is 5.55. The molecular formula is C27H43N2O6+. The summed E-state index contributed by atoms with van der Waals surface area (Å²) in [6.45, 7) is 2.08. The Balaban J connectivity index is 1.57. The molecule has 8 heteroatoms. The minimum Gasteiger partial charge on any atom is -0.463 e. The van der Waals surface area contributed by atoms with Crippen LogP contribution in [0.2, 0.25) is 0 Å². The normalized spacial score (nSPS) is 22.0. The summed E-state index contributed by atoms with van der Waals surface area (Å²) < 4.78 is 12.4. The SMILES string of the molecule is CCCCCC/C=C\CCCCCCCC(=O)OCC1O[C@@H]([n+]2cccc(C(N)=O)c2)[C@H](O)[C@@H]1O. The van der Waals surface area contributed by atoms with Crippen LogP contribution < -0.4 is 10.3 Å². The molecule has 0 bridgehead atoms. The first-order valence-corrected chi connectivity index (χ1v) is 13.1. The van der Waals surface area contributed by atoms with E-state index in [-0.39, 0.29) is 18.1 Å². The number of esters is 1. The van der Waals surface area contributed by atoms with Gasteiger partial charge in [0.05, 0.1) is 0 Å². The maximum atomic E-state index is 12.1. The van der Waals surface area contributed by atoms with Gasteiger partial charge in [-0.15, -0.1) is 0 Å². The van der Waals surface area contributed by atoms with Crippen molar-refractivity contribution in [2.45, 2.75) is 109 Å². The lowest BCUT2D eigenvalue weighted by atomic mass is 10.1. The number of nitrogens with zero attached hydrogens (tertiary/aromatic N) is 1. The number of hydrogen-bond acceptors (Lipinski definition) is 6. The molecule has 4 N–H and O–H groups in total. The number of amides is 1. The van der Waals surface area contributed by atoms with Crippen LogP contribution in [0.3, 0.4) is 0 Å². The Bertz CT molecular complexity index is 800. The van der Waals surface area contributed by atoms with E-state index in [9.17, 15) is 19.8 Å². The van der Waals surface area contributed by atoms with Gasteiger partial charge in [0.2, 0.25) is 0 Å². The average Bonchev–Trinajstić information content (AvgIpc) is 3.14. The zero-order chi connectivity index (χ0) is 25.5. The van der Waals surface area contributed by atoms with E-state index in [2.05, 4.69) is 19.1 Å². The minimum absolute atomic E-state index is 0.144. The summed E-state index contributed by atoms with van der Waals surface area (Å²) >= 11 is 0. The molecule has 1 amide bonds. The first kappa shape index (κ1) is 28.9. The van der Waals surface area contributed by atoms with Gasteiger partial charge in [-0.05, 0) is 38.2 Å². The molecule has 0 radical (unpaired) electrons. The highest BCUT2D eigenvalue weighted by atomic mass is 16.6. The number of primary amides is 1. The van der Waals surface area contributed by atoms with E-state index < -0.39 is 30.4 Å². The maximum absolute atomic E-state index is 12.1. The lowest BCUT2D eigenvalue weighted by Crippen LogP contribution is -2.46. The first-order chi connectivity index (χ1) is 16.9. The third-order valence-corrected chi connectivity index (χ3v) is 6.29. The Morgan fingerprint density at radius 1 is 1.03 bits per heavy atom. The Morgan fingerprint density at radius 2 is 1.69 bits per heavy atom. The third-order valence-electron chi connectivity index (χ3n) is 6.29. The molecule has 0 aliphatic carbocycles. The number of ether oxygens (including phenoxy) is 2. The average molecular weight is 492 g/mol. The lowest BCUT2D eigenvalue weighted by molar-refractivity contribution is -0.765. The van der Waals surface area contributed by atoms with Crippen molar-refractivity contribution >= 4 is 11.9 Å². The summed E-state index contributed by atoms with van der Waals surface area (Å²) in [6.07, 6.45) is 16.4. The van der Waals surface area contributed by atoms with E-state index in [1.807, 2.05) is 0 Å². The molecule has 35 heavy (non-hydrogen) atoms. The summed E-state index contributed by atoms with van der Waals surface area (Å²) in [4.78, 5) is 23.5. The van der Waals surface area contributed by atoms with Gasteiger partial charge in [0.1, 0.15) is 24.4 Å². The Morgan fingerprint density at radius 3 is 2.37 bits per heavy atom. The number of hydrogen-bond donors (Lipinski definition) is 3. The number of carbonyl (C=O) groups is 2. The molecule has 0 saturated carbocycles. The van der Waals surface area contributed by atoms with Crippen molar-refractivity contribution in [2.24, 2.45) is 5.73 Å². The van der Waals surface area contributed by atoms with Gasteiger partial charge in [-0.1, -0.05) is 57.6 Å². The predicted octanol–water partition coefficient (Wildman–Crippen LogP) is 3.49. The zero-order valence-corrected chi connectivity index (χ0v) is 21.0. The van der Waals surface area contributed by atoms with Gasteiger partial charge < -0.3 is 25.4 Å². The molecule has 2 rings (SSSR count). The molecule has 1 saturated heterocycles. The largest absolute Gasteiger partial charge is 0.463 e. The van der Waals surface area contributed by atoms with Gasteiger partial charge in [0, 0.05) is 12.5 Å². The maximum Gasteiger partial charge on any atom is 0.305 e. The van der Waals surface area contributed by atoms with Crippen LogP contribution in [0.5, 0.6) is 0 Å². The number of rotatable bonds is 17. The van der Waals surface area contributed by atoms with Gasteiger partial charge >= 0.3 is 5.97 Å². The number of carbonyl (C=O) groups excluding carboxylic acids is 2. The Kier molecular flexibility index (Phi) is 13.6. The molecule has 0 aromatic carbocycles. The first-order valence-electron chi connectivity index (χ1n) is 13.1. The number of unbranched alkanes of at least 4 members (excludes halogenated alkanes) is 9. The highest BCUT2D eigenvalue weighted by molar-refractivity contribution is 5.92. The summed E-state index contributed by atoms with van der Waals surface area (Å²) in [7, 11) is 0. The molecule has 196 valence electrons. The van der Waals surface area contributed by atoms with E-state index in [1.165, 1.54) is 49.3 Å². The van der Waals surface area contributed by atoms with Gasteiger partial charge in [0.25, 0.3) is 12.1 Å². The second kappa shape index (κ2) is 16.4. The van der Waals surface area contributed by atoms with Crippen molar-refractivity contribution in [1.29, 1.82) is 0 Å². The molecule has 4 atom stereocenters. The molecule has 8 nitrogen and oxygen atoms in total. The second-order valence-electron chi connectivity index (χ2n) is 9.26. The second-order valence-corrected chi connectivity index (χ2v) is 9.26. The van der Waals surface area contributed by atoms with Crippen molar-refractivity contribution in [3.05, 3.63) is 42.2 Å².